The number of rotatable bonds is 5. The van der Waals surface area contributed by atoms with Gasteiger partial charge in [0.1, 0.15) is 5.75 Å². The number of benzene rings is 1. The molecule has 0 fully saturated rings. The summed E-state index contributed by atoms with van der Waals surface area (Å²) >= 11 is 0. The Balaban J connectivity index is 2.98. The standard InChI is InChI=1S/C16H23NO/c1-6-18-16-13(3)10-15(11-14(16)4)12(2)8-7-9-17-5/h7-12H,6H2,1-5H3/b8-7-,17-9?. The minimum atomic E-state index is 0.385. The molecule has 1 unspecified atom stereocenters. The Morgan fingerprint density at radius 2 is 1.89 bits per heavy atom. The molecule has 0 bridgehead atoms. The fourth-order valence-electron chi connectivity index (χ4n) is 2.03. The van der Waals surface area contributed by atoms with Crippen LogP contribution < -0.4 is 4.74 Å². The molecule has 0 N–H and O–H groups in total. The lowest BCUT2D eigenvalue weighted by Gasteiger charge is -2.15. The molecule has 1 aromatic carbocycles. The molecule has 0 aliphatic heterocycles. The fourth-order valence-corrected chi connectivity index (χ4v) is 2.03. The van der Waals surface area contributed by atoms with Gasteiger partial charge in [-0.2, -0.15) is 0 Å². The van der Waals surface area contributed by atoms with Gasteiger partial charge in [0.2, 0.25) is 0 Å². The van der Waals surface area contributed by atoms with Crippen LogP contribution in [0.25, 0.3) is 0 Å². The monoisotopic (exact) mass is 245 g/mol. The van der Waals surface area contributed by atoms with E-state index in [9.17, 15) is 0 Å². The number of allylic oxidation sites excluding steroid dienone is 2. The van der Waals surface area contributed by atoms with Gasteiger partial charge in [0.15, 0.2) is 0 Å². The Morgan fingerprint density at radius 1 is 1.28 bits per heavy atom. The first-order valence-electron chi connectivity index (χ1n) is 6.43. The second kappa shape index (κ2) is 7.00. The molecule has 0 aliphatic carbocycles. The average Bonchev–Trinajstić information content (AvgIpc) is 2.33. The van der Waals surface area contributed by atoms with Gasteiger partial charge in [-0.05, 0) is 49.5 Å². The van der Waals surface area contributed by atoms with Crippen LogP contribution in [0.2, 0.25) is 0 Å². The van der Waals surface area contributed by atoms with E-state index >= 15 is 0 Å². The van der Waals surface area contributed by atoms with Crippen LogP contribution in [-0.2, 0) is 0 Å². The summed E-state index contributed by atoms with van der Waals surface area (Å²) in [5, 5.41) is 0. The molecule has 18 heavy (non-hydrogen) atoms. The van der Waals surface area contributed by atoms with Crippen molar-refractivity contribution in [1.82, 2.24) is 0 Å². The van der Waals surface area contributed by atoms with Crippen LogP contribution >= 0.6 is 0 Å². The minimum Gasteiger partial charge on any atom is -0.493 e. The smallest absolute Gasteiger partial charge is 0.125 e. The lowest BCUT2D eigenvalue weighted by Crippen LogP contribution is -1.99. The van der Waals surface area contributed by atoms with E-state index in [1.807, 2.05) is 19.2 Å². The van der Waals surface area contributed by atoms with Gasteiger partial charge in [-0.3, -0.25) is 4.99 Å². The molecule has 0 spiro atoms. The van der Waals surface area contributed by atoms with E-state index in [0.29, 0.717) is 12.5 Å². The Labute approximate surface area is 110 Å². The third-order valence-electron chi connectivity index (χ3n) is 2.93. The maximum atomic E-state index is 5.66. The molecule has 1 rings (SSSR count). The third kappa shape index (κ3) is 3.73. The highest BCUT2D eigenvalue weighted by Gasteiger charge is 2.08. The van der Waals surface area contributed by atoms with Crippen molar-refractivity contribution in [3.63, 3.8) is 0 Å². The topological polar surface area (TPSA) is 21.6 Å². The minimum absolute atomic E-state index is 0.385. The normalized spacial score (nSPS) is 13.4. The van der Waals surface area contributed by atoms with Crippen molar-refractivity contribution >= 4 is 6.21 Å². The Hall–Kier alpha value is -1.57. The molecule has 0 radical (unpaired) electrons. The number of nitrogens with zero attached hydrogens (tertiary/aromatic N) is 1. The number of aliphatic imine (C=N–C) groups is 1. The maximum Gasteiger partial charge on any atom is 0.125 e. The van der Waals surface area contributed by atoms with Crippen molar-refractivity contribution in [3.8, 4) is 5.75 Å². The van der Waals surface area contributed by atoms with E-state index in [1.165, 1.54) is 16.7 Å². The van der Waals surface area contributed by atoms with Gasteiger partial charge >= 0.3 is 0 Å². The fraction of sp³-hybridized carbons (Fsp3) is 0.438. The lowest BCUT2D eigenvalue weighted by atomic mass is 9.96. The second-order valence-corrected chi connectivity index (χ2v) is 4.50. The highest BCUT2D eigenvalue weighted by Crippen LogP contribution is 2.28. The summed E-state index contributed by atoms with van der Waals surface area (Å²) in [6.45, 7) is 9.12. The van der Waals surface area contributed by atoms with Crippen LogP contribution in [0.5, 0.6) is 5.75 Å². The first-order valence-corrected chi connectivity index (χ1v) is 6.43. The van der Waals surface area contributed by atoms with E-state index in [2.05, 4.69) is 44.0 Å². The molecule has 0 heterocycles. The van der Waals surface area contributed by atoms with Gasteiger partial charge in [0.25, 0.3) is 0 Å². The zero-order chi connectivity index (χ0) is 13.5. The molecule has 0 saturated carbocycles. The van der Waals surface area contributed by atoms with Crippen molar-refractivity contribution in [2.75, 3.05) is 13.7 Å². The Morgan fingerprint density at radius 3 is 2.39 bits per heavy atom. The van der Waals surface area contributed by atoms with Crippen molar-refractivity contribution in [3.05, 3.63) is 41.0 Å². The summed E-state index contributed by atoms with van der Waals surface area (Å²) in [4.78, 5) is 3.94. The van der Waals surface area contributed by atoms with E-state index in [1.54, 1.807) is 7.05 Å². The van der Waals surface area contributed by atoms with Crippen molar-refractivity contribution in [2.24, 2.45) is 4.99 Å². The van der Waals surface area contributed by atoms with Crippen LogP contribution in [0.3, 0.4) is 0 Å². The van der Waals surface area contributed by atoms with E-state index < -0.39 is 0 Å². The molecule has 1 aromatic rings. The van der Waals surface area contributed by atoms with Crippen LogP contribution in [-0.4, -0.2) is 19.9 Å². The van der Waals surface area contributed by atoms with Gasteiger partial charge in [0.05, 0.1) is 6.61 Å². The molecular formula is C16H23NO. The van der Waals surface area contributed by atoms with Gasteiger partial charge in [0, 0.05) is 13.3 Å². The largest absolute Gasteiger partial charge is 0.493 e. The molecule has 0 aromatic heterocycles. The molecule has 0 saturated heterocycles. The van der Waals surface area contributed by atoms with Crippen molar-refractivity contribution < 1.29 is 4.74 Å². The summed E-state index contributed by atoms with van der Waals surface area (Å²) in [6, 6.07) is 4.41. The summed E-state index contributed by atoms with van der Waals surface area (Å²) in [5.41, 5.74) is 3.72. The van der Waals surface area contributed by atoms with Crippen LogP contribution in [0, 0.1) is 13.8 Å². The molecule has 0 amide bonds. The summed E-state index contributed by atoms with van der Waals surface area (Å²) in [7, 11) is 1.78. The van der Waals surface area contributed by atoms with Gasteiger partial charge in [-0.1, -0.05) is 25.1 Å². The molecule has 2 nitrogen and oxygen atoms in total. The van der Waals surface area contributed by atoms with Crippen LogP contribution in [0.15, 0.2) is 29.3 Å². The number of aryl methyl sites for hydroxylation is 2. The quantitative estimate of drug-likeness (QED) is 0.717. The average molecular weight is 245 g/mol. The zero-order valence-electron chi connectivity index (χ0n) is 12.0. The molecular weight excluding hydrogens is 222 g/mol. The SMILES string of the molecule is CCOc1c(C)cc(C(C)/C=C\C=NC)cc1C. The summed E-state index contributed by atoms with van der Waals surface area (Å²) < 4.78 is 5.66. The number of ether oxygens (including phenoxy) is 1. The van der Waals surface area contributed by atoms with Gasteiger partial charge in [-0.15, -0.1) is 0 Å². The van der Waals surface area contributed by atoms with Crippen molar-refractivity contribution in [2.45, 2.75) is 33.6 Å². The predicted octanol–water partition coefficient (Wildman–Crippen LogP) is 4.06. The van der Waals surface area contributed by atoms with Crippen LogP contribution in [0.4, 0.5) is 0 Å². The van der Waals surface area contributed by atoms with E-state index in [0.717, 1.165) is 5.75 Å². The first-order chi connectivity index (χ1) is 8.60. The molecule has 2 heteroatoms. The van der Waals surface area contributed by atoms with Gasteiger partial charge < -0.3 is 4.74 Å². The highest BCUT2D eigenvalue weighted by molar-refractivity contribution is 5.71. The lowest BCUT2D eigenvalue weighted by molar-refractivity contribution is 0.335. The molecule has 0 aliphatic rings. The third-order valence-corrected chi connectivity index (χ3v) is 2.93. The molecule has 1 atom stereocenters. The zero-order valence-corrected chi connectivity index (χ0v) is 12.0. The maximum absolute atomic E-state index is 5.66. The van der Waals surface area contributed by atoms with Gasteiger partial charge in [-0.25, -0.2) is 0 Å². The number of hydrogen-bond acceptors (Lipinski definition) is 2. The summed E-state index contributed by atoms with van der Waals surface area (Å²) in [5.74, 6) is 1.41. The Bertz CT molecular complexity index is 423. The van der Waals surface area contributed by atoms with E-state index in [-0.39, 0.29) is 0 Å². The number of hydrogen-bond donors (Lipinski definition) is 0. The first kappa shape index (κ1) is 14.5. The highest BCUT2D eigenvalue weighted by atomic mass is 16.5. The predicted molar refractivity (Wildman–Crippen MR) is 79.1 cm³/mol. The van der Waals surface area contributed by atoms with Crippen LogP contribution in [0.1, 0.15) is 36.5 Å². The van der Waals surface area contributed by atoms with Crippen molar-refractivity contribution in [1.29, 1.82) is 0 Å². The molecule has 98 valence electrons. The second-order valence-electron chi connectivity index (χ2n) is 4.50. The summed E-state index contributed by atoms with van der Waals surface area (Å²) in [6.07, 6.45) is 5.96. The van der Waals surface area contributed by atoms with E-state index in [4.69, 9.17) is 4.74 Å². The Kier molecular flexibility index (Phi) is 5.63.